The third-order valence-electron chi connectivity index (χ3n) is 5.21. The van der Waals surface area contributed by atoms with Crippen molar-refractivity contribution in [3.63, 3.8) is 0 Å². The highest BCUT2D eigenvalue weighted by Gasteiger charge is 2.32. The molecule has 0 radical (unpaired) electrons. The fourth-order valence-electron chi connectivity index (χ4n) is 3.60. The first-order valence-electron chi connectivity index (χ1n) is 10.2. The summed E-state index contributed by atoms with van der Waals surface area (Å²) in [7, 11) is -3.42. The Bertz CT molecular complexity index is 1090. The van der Waals surface area contributed by atoms with E-state index in [1.165, 1.54) is 16.4 Å². The van der Waals surface area contributed by atoms with Gasteiger partial charge in [-0.1, -0.05) is 35.5 Å². The van der Waals surface area contributed by atoms with Crippen molar-refractivity contribution in [1.29, 1.82) is 0 Å². The van der Waals surface area contributed by atoms with Crippen LogP contribution in [0.25, 0.3) is 0 Å². The first-order chi connectivity index (χ1) is 15.0. The molecule has 1 unspecified atom stereocenters. The number of rotatable bonds is 8. The highest BCUT2D eigenvalue weighted by atomic mass is 32.2. The average molecular weight is 446 g/mol. The van der Waals surface area contributed by atoms with E-state index in [9.17, 15) is 12.8 Å². The minimum absolute atomic E-state index is 0.0175. The Kier molecular flexibility index (Phi) is 6.62. The minimum atomic E-state index is -3.42. The van der Waals surface area contributed by atoms with Crippen molar-refractivity contribution in [2.24, 2.45) is 0 Å². The lowest BCUT2D eigenvalue weighted by Crippen LogP contribution is -2.39. The van der Waals surface area contributed by atoms with E-state index >= 15 is 0 Å². The molecule has 2 heterocycles. The number of hydrogen-bond donors (Lipinski definition) is 0. The molecule has 164 valence electrons. The molecule has 1 fully saturated rings. The number of ether oxygens (including phenoxy) is 1. The quantitative estimate of drug-likeness (QED) is 0.527. The van der Waals surface area contributed by atoms with Crippen molar-refractivity contribution >= 4 is 10.0 Å². The molecule has 31 heavy (non-hydrogen) atoms. The van der Waals surface area contributed by atoms with Crippen molar-refractivity contribution in [1.82, 2.24) is 14.4 Å². The van der Waals surface area contributed by atoms with Gasteiger partial charge in [-0.2, -0.15) is 4.98 Å². The highest BCUT2D eigenvalue weighted by molar-refractivity contribution is 7.88. The normalized spacial score (nSPS) is 17.5. The van der Waals surface area contributed by atoms with Crippen LogP contribution in [-0.4, -0.2) is 42.6 Å². The molecule has 4 rings (SSSR count). The van der Waals surface area contributed by atoms with E-state index < -0.39 is 10.0 Å². The number of halogens is 1. The van der Waals surface area contributed by atoms with Crippen LogP contribution in [0.1, 0.15) is 36.0 Å². The van der Waals surface area contributed by atoms with Crippen molar-refractivity contribution in [3.8, 4) is 5.75 Å². The third kappa shape index (κ3) is 5.68. The first kappa shape index (κ1) is 21.5. The van der Waals surface area contributed by atoms with Gasteiger partial charge in [0, 0.05) is 19.5 Å². The van der Waals surface area contributed by atoms with Gasteiger partial charge >= 0.3 is 0 Å². The zero-order valence-corrected chi connectivity index (χ0v) is 17.8. The Morgan fingerprint density at radius 3 is 2.68 bits per heavy atom. The molecule has 3 aromatic rings. The zero-order valence-electron chi connectivity index (χ0n) is 17.0. The molecular formula is C22H24FN3O4S. The molecule has 1 aliphatic heterocycles. The van der Waals surface area contributed by atoms with Crippen molar-refractivity contribution < 1.29 is 22.1 Å². The number of benzene rings is 2. The lowest BCUT2D eigenvalue weighted by Gasteiger charge is -2.30. The van der Waals surface area contributed by atoms with Crippen LogP contribution in [0, 0.1) is 5.82 Å². The Balaban J connectivity index is 1.33. The molecule has 0 amide bonds. The van der Waals surface area contributed by atoms with Crippen LogP contribution in [0.15, 0.2) is 59.1 Å². The monoisotopic (exact) mass is 445 g/mol. The smallest absolute Gasteiger partial charge is 0.231 e. The van der Waals surface area contributed by atoms with Gasteiger partial charge < -0.3 is 9.26 Å². The van der Waals surface area contributed by atoms with Crippen LogP contribution in [0.4, 0.5) is 4.39 Å². The second kappa shape index (κ2) is 9.57. The molecule has 1 atom stereocenters. The Morgan fingerprint density at radius 1 is 1.13 bits per heavy atom. The van der Waals surface area contributed by atoms with E-state index in [1.54, 1.807) is 12.1 Å². The van der Waals surface area contributed by atoms with Gasteiger partial charge in [0.15, 0.2) is 5.82 Å². The van der Waals surface area contributed by atoms with E-state index in [0.717, 1.165) is 18.4 Å². The Labute approximate surface area is 180 Å². The van der Waals surface area contributed by atoms with Gasteiger partial charge in [-0.3, -0.25) is 0 Å². The molecule has 1 aliphatic rings. The molecule has 1 aromatic heterocycles. The maximum Gasteiger partial charge on any atom is 0.231 e. The van der Waals surface area contributed by atoms with E-state index in [-0.39, 0.29) is 17.5 Å². The maximum atomic E-state index is 12.9. The van der Waals surface area contributed by atoms with E-state index in [2.05, 4.69) is 10.1 Å². The van der Waals surface area contributed by atoms with E-state index in [1.807, 2.05) is 30.3 Å². The standard InChI is InChI=1S/C22H24FN3O4S/c23-19-8-10-20(11-9-19)29-14-12-21-24-22(30-25-21)18-7-4-13-26(15-18)31(27,28)16-17-5-2-1-3-6-17/h1-3,5-6,8-11,18H,4,7,12-16H2. The summed E-state index contributed by atoms with van der Waals surface area (Å²) >= 11 is 0. The predicted molar refractivity (Wildman–Crippen MR) is 113 cm³/mol. The number of piperidine rings is 1. The summed E-state index contributed by atoms with van der Waals surface area (Å²) in [5.74, 6) is 1.06. The van der Waals surface area contributed by atoms with Gasteiger partial charge in [0.25, 0.3) is 0 Å². The zero-order chi connectivity index (χ0) is 21.7. The summed E-state index contributed by atoms with van der Waals surface area (Å²) in [4.78, 5) is 4.44. The fourth-order valence-corrected chi connectivity index (χ4v) is 5.21. The average Bonchev–Trinajstić information content (AvgIpc) is 3.25. The summed E-state index contributed by atoms with van der Waals surface area (Å²) in [6.07, 6.45) is 1.97. The summed E-state index contributed by atoms with van der Waals surface area (Å²) in [5, 5.41) is 4.00. The number of sulfonamides is 1. The van der Waals surface area contributed by atoms with E-state index in [4.69, 9.17) is 9.26 Å². The fraction of sp³-hybridized carbons (Fsp3) is 0.364. The number of hydrogen-bond acceptors (Lipinski definition) is 6. The highest BCUT2D eigenvalue weighted by Crippen LogP contribution is 2.28. The Morgan fingerprint density at radius 2 is 1.90 bits per heavy atom. The predicted octanol–water partition coefficient (Wildman–Crippen LogP) is 3.54. The SMILES string of the molecule is O=S(=O)(Cc1ccccc1)N1CCCC(c2nc(CCOc3ccc(F)cc3)no2)C1. The number of nitrogens with zero attached hydrogens (tertiary/aromatic N) is 3. The second-order valence-electron chi connectivity index (χ2n) is 7.54. The Hall–Kier alpha value is -2.78. The van der Waals surface area contributed by atoms with Gasteiger partial charge in [0.2, 0.25) is 15.9 Å². The molecule has 0 spiro atoms. The molecule has 1 saturated heterocycles. The lowest BCUT2D eigenvalue weighted by atomic mass is 10.00. The van der Waals surface area contributed by atoms with Crippen LogP contribution in [0.2, 0.25) is 0 Å². The van der Waals surface area contributed by atoms with Gasteiger partial charge in [-0.15, -0.1) is 0 Å². The van der Waals surface area contributed by atoms with Crippen LogP contribution < -0.4 is 4.74 Å². The molecule has 0 N–H and O–H groups in total. The molecule has 2 aromatic carbocycles. The summed E-state index contributed by atoms with van der Waals surface area (Å²) < 4.78 is 51.1. The molecule has 0 bridgehead atoms. The summed E-state index contributed by atoms with van der Waals surface area (Å²) in [6, 6.07) is 15.0. The van der Waals surface area contributed by atoms with Crippen molar-refractivity contribution in [2.75, 3.05) is 19.7 Å². The third-order valence-corrected chi connectivity index (χ3v) is 7.03. The largest absolute Gasteiger partial charge is 0.493 e. The molecule has 9 heteroatoms. The lowest BCUT2D eigenvalue weighted by molar-refractivity contribution is 0.264. The summed E-state index contributed by atoms with van der Waals surface area (Å²) in [5.41, 5.74) is 0.769. The van der Waals surface area contributed by atoms with E-state index in [0.29, 0.717) is 43.6 Å². The van der Waals surface area contributed by atoms with Crippen molar-refractivity contribution in [3.05, 3.63) is 77.7 Å². The molecular weight excluding hydrogens is 421 g/mol. The van der Waals surface area contributed by atoms with Crippen LogP contribution in [0.5, 0.6) is 5.75 Å². The molecule has 0 aliphatic carbocycles. The van der Waals surface area contributed by atoms with Crippen LogP contribution in [0.3, 0.4) is 0 Å². The van der Waals surface area contributed by atoms with Gasteiger partial charge in [0.05, 0.1) is 18.3 Å². The van der Waals surface area contributed by atoms with Crippen LogP contribution >= 0.6 is 0 Å². The molecule has 7 nitrogen and oxygen atoms in total. The second-order valence-corrected chi connectivity index (χ2v) is 9.51. The minimum Gasteiger partial charge on any atom is -0.493 e. The van der Waals surface area contributed by atoms with Gasteiger partial charge in [0.1, 0.15) is 11.6 Å². The van der Waals surface area contributed by atoms with Crippen LogP contribution in [-0.2, 0) is 22.2 Å². The van der Waals surface area contributed by atoms with Gasteiger partial charge in [-0.25, -0.2) is 17.1 Å². The summed E-state index contributed by atoms with van der Waals surface area (Å²) in [6.45, 7) is 1.16. The maximum absolute atomic E-state index is 12.9. The first-order valence-corrected chi connectivity index (χ1v) is 11.8. The number of aromatic nitrogens is 2. The molecule has 0 saturated carbocycles. The van der Waals surface area contributed by atoms with Gasteiger partial charge in [-0.05, 0) is 42.7 Å². The van der Waals surface area contributed by atoms with Crippen molar-refractivity contribution in [2.45, 2.75) is 30.9 Å². The topological polar surface area (TPSA) is 85.5 Å².